The Kier molecular flexibility index (Phi) is 7.25. The van der Waals surface area contributed by atoms with E-state index in [1.54, 1.807) is 30.3 Å². The third kappa shape index (κ3) is 5.04. The number of fused-ring (bicyclic) bond motifs is 1. The number of amides is 1. The highest BCUT2D eigenvalue weighted by atomic mass is 32.2. The summed E-state index contributed by atoms with van der Waals surface area (Å²) in [5.41, 5.74) is 0.883. The second-order valence-corrected chi connectivity index (χ2v) is 9.44. The van der Waals surface area contributed by atoms with Crippen LogP contribution in [0.25, 0.3) is 16.6 Å². The summed E-state index contributed by atoms with van der Waals surface area (Å²) >= 11 is 1.31. The van der Waals surface area contributed by atoms with Crippen molar-refractivity contribution in [2.24, 2.45) is 0 Å². The molecule has 7 heteroatoms. The van der Waals surface area contributed by atoms with Gasteiger partial charge in [0, 0.05) is 6.04 Å². The number of aromatic nitrogens is 2. The number of halogens is 1. The fourth-order valence-electron chi connectivity index (χ4n) is 4.18. The molecule has 1 aromatic heterocycles. The molecule has 1 N–H and O–H groups in total. The molecule has 0 aliphatic heterocycles. The number of para-hydroxylation sites is 1. The summed E-state index contributed by atoms with van der Waals surface area (Å²) in [4.78, 5) is 31.3. The first-order chi connectivity index (χ1) is 15.6. The van der Waals surface area contributed by atoms with Crippen molar-refractivity contribution in [2.45, 2.75) is 68.3 Å². The molecule has 2 aromatic carbocycles. The Labute approximate surface area is 191 Å². The van der Waals surface area contributed by atoms with Crippen molar-refractivity contribution in [3.05, 3.63) is 64.7 Å². The van der Waals surface area contributed by atoms with E-state index < -0.39 is 0 Å². The molecular formula is C25H28FN3O2S. The second kappa shape index (κ2) is 10.3. The number of nitrogens with one attached hydrogen (secondary N) is 1. The lowest BCUT2D eigenvalue weighted by molar-refractivity contribution is -0.121. The van der Waals surface area contributed by atoms with Crippen molar-refractivity contribution in [1.82, 2.24) is 14.9 Å². The first-order valence-corrected chi connectivity index (χ1v) is 12.2. The quantitative estimate of drug-likeness (QED) is 0.393. The molecule has 1 atom stereocenters. The Morgan fingerprint density at radius 2 is 1.88 bits per heavy atom. The summed E-state index contributed by atoms with van der Waals surface area (Å²) in [5, 5.41) is 3.79. The lowest BCUT2D eigenvalue weighted by Crippen LogP contribution is -2.41. The van der Waals surface area contributed by atoms with Crippen LogP contribution in [0.4, 0.5) is 4.39 Å². The van der Waals surface area contributed by atoms with Crippen LogP contribution >= 0.6 is 11.8 Å². The normalized spacial score (nSPS) is 15.6. The molecule has 4 rings (SSSR count). The Hall–Kier alpha value is -2.67. The number of carbonyl (C=O) groups excluding carboxylic acids is 1. The molecule has 168 valence electrons. The summed E-state index contributed by atoms with van der Waals surface area (Å²) in [6.07, 6.45) is 7.07. The molecule has 0 saturated heterocycles. The fraction of sp³-hybridized carbons (Fsp3) is 0.400. The van der Waals surface area contributed by atoms with E-state index in [0.717, 1.165) is 32.1 Å². The predicted octanol–water partition coefficient (Wildman–Crippen LogP) is 5.23. The van der Waals surface area contributed by atoms with Gasteiger partial charge in [-0.2, -0.15) is 0 Å². The first-order valence-electron chi connectivity index (χ1n) is 11.3. The molecule has 1 saturated carbocycles. The average Bonchev–Trinajstić information content (AvgIpc) is 2.80. The number of carbonyl (C=O) groups is 1. The zero-order valence-electron chi connectivity index (χ0n) is 18.2. The Morgan fingerprint density at radius 1 is 1.16 bits per heavy atom. The van der Waals surface area contributed by atoms with Gasteiger partial charge >= 0.3 is 0 Å². The van der Waals surface area contributed by atoms with Gasteiger partial charge in [-0.1, -0.05) is 56.5 Å². The lowest BCUT2D eigenvalue weighted by Gasteiger charge is -2.25. The van der Waals surface area contributed by atoms with Crippen molar-refractivity contribution in [3.63, 3.8) is 0 Å². The van der Waals surface area contributed by atoms with Gasteiger partial charge in [-0.05, 0) is 55.7 Å². The zero-order valence-corrected chi connectivity index (χ0v) is 19.0. The summed E-state index contributed by atoms with van der Waals surface area (Å²) in [7, 11) is 0. The maximum atomic E-state index is 13.5. The summed E-state index contributed by atoms with van der Waals surface area (Å²) < 4.78 is 15.0. The predicted molar refractivity (Wildman–Crippen MR) is 127 cm³/mol. The third-order valence-corrected chi connectivity index (χ3v) is 7.09. The van der Waals surface area contributed by atoms with Crippen LogP contribution in [0.15, 0.2) is 58.5 Å². The third-order valence-electron chi connectivity index (χ3n) is 5.87. The van der Waals surface area contributed by atoms with Crippen molar-refractivity contribution in [3.8, 4) is 5.69 Å². The smallest absolute Gasteiger partial charge is 0.266 e. The molecule has 1 amide bonds. The van der Waals surface area contributed by atoms with Gasteiger partial charge in [-0.15, -0.1) is 0 Å². The van der Waals surface area contributed by atoms with Gasteiger partial charge in [0.05, 0.1) is 21.8 Å². The maximum Gasteiger partial charge on any atom is 0.266 e. The molecule has 0 radical (unpaired) electrons. The van der Waals surface area contributed by atoms with Gasteiger partial charge in [0.1, 0.15) is 5.82 Å². The maximum absolute atomic E-state index is 13.5. The minimum Gasteiger partial charge on any atom is -0.352 e. The van der Waals surface area contributed by atoms with Crippen molar-refractivity contribution < 1.29 is 9.18 Å². The van der Waals surface area contributed by atoms with Crippen LogP contribution in [-0.2, 0) is 4.79 Å². The minimum absolute atomic E-state index is 0.00295. The van der Waals surface area contributed by atoms with Crippen LogP contribution in [0.3, 0.4) is 0 Å². The standard InChI is InChI=1S/C25H28FN3O2S/c1-2-8-22(23(30)27-18-9-4-3-5-10-18)32-25-28-21-12-7-6-11-20(21)24(31)29(25)19-15-13-17(26)14-16-19/h6-7,11-16,18,22H,2-5,8-10H2,1H3,(H,27,30). The fourth-order valence-corrected chi connectivity index (χ4v) is 5.41. The molecule has 1 fully saturated rings. The monoisotopic (exact) mass is 453 g/mol. The average molecular weight is 454 g/mol. The number of hydrogen-bond acceptors (Lipinski definition) is 4. The van der Waals surface area contributed by atoms with E-state index in [1.165, 1.54) is 34.9 Å². The molecule has 0 bridgehead atoms. The van der Waals surface area contributed by atoms with E-state index in [4.69, 9.17) is 4.98 Å². The molecule has 32 heavy (non-hydrogen) atoms. The SMILES string of the molecule is CCCC(Sc1nc2ccccc2c(=O)n1-c1ccc(F)cc1)C(=O)NC1CCCCC1. The number of thioether (sulfide) groups is 1. The van der Waals surface area contributed by atoms with E-state index >= 15 is 0 Å². The van der Waals surface area contributed by atoms with Crippen LogP contribution in [0.1, 0.15) is 51.9 Å². The summed E-state index contributed by atoms with van der Waals surface area (Å²) in [6, 6.07) is 13.2. The van der Waals surface area contributed by atoms with Gasteiger partial charge < -0.3 is 5.32 Å². The minimum atomic E-state index is -0.375. The molecule has 1 aliphatic rings. The van der Waals surface area contributed by atoms with Crippen molar-refractivity contribution in [2.75, 3.05) is 0 Å². The second-order valence-electron chi connectivity index (χ2n) is 8.27. The highest BCUT2D eigenvalue weighted by molar-refractivity contribution is 8.00. The lowest BCUT2D eigenvalue weighted by atomic mass is 9.95. The van der Waals surface area contributed by atoms with Crippen LogP contribution in [0.5, 0.6) is 0 Å². The van der Waals surface area contributed by atoms with Gasteiger partial charge in [-0.25, -0.2) is 9.37 Å². The van der Waals surface area contributed by atoms with Gasteiger partial charge in [-0.3, -0.25) is 14.2 Å². The molecular weight excluding hydrogens is 425 g/mol. The zero-order chi connectivity index (χ0) is 22.5. The van der Waals surface area contributed by atoms with E-state index in [9.17, 15) is 14.0 Å². The Morgan fingerprint density at radius 3 is 2.59 bits per heavy atom. The van der Waals surface area contributed by atoms with Gasteiger partial charge in [0.25, 0.3) is 5.56 Å². The van der Waals surface area contributed by atoms with E-state index in [1.807, 2.05) is 13.0 Å². The molecule has 1 aliphatic carbocycles. The highest BCUT2D eigenvalue weighted by Gasteiger charge is 2.26. The van der Waals surface area contributed by atoms with Crippen molar-refractivity contribution in [1.29, 1.82) is 0 Å². The van der Waals surface area contributed by atoms with Crippen LogP contribution in [0.2, 0.25) is 0 Å². The van der Waals surface area contributed by atoms with Crippen LogP contribution < -0.4 is 10.9 Å². The Bertz CT molecular complexity index is 1140. The van der Waals surface area contributed by atoms with Gasteiger partial charge in [0.2, 0.25) is 5.91 Å². The number of hydrogen-bond donors (Lipinski definition) is 1. The first kappa shape index (κ1) is 22.5. The van der Waals surface area contributed by atoms with Crippen LogP contribution in [0, 0.1) is 5.82 Å². The molecule has 0 spiro atoms. The Balaban J connectivity index is 1.72. The number of rotatable bonds is 7. The number of nitrogens with zero attached hydrogens (tertiary/aromatic N) is 2. The van der Waals surface area contributed by atoms with Crippen LogP contribution in [-0.4, -0.2) is 26.8 Å². The molecule has 1 unspecified atom stereocenters. The van der Waals surface area contributed by atoms with E-state index in [0.29, 0.717) is 28.2 Å². The van der Waals surface area contributed by atoms with E-state index in [2.05, 4.69) is 5.32 Å². The van der Waals surface area contributed by atoms with Gasteiger partial charge in [0.15, 0.2) is 5.16 Å². The van der Waals surface area contributed by atoms with E-state index in [-0.39, 0.29) is 28.6 Å². The number of benzene rings is 2. The largest absolute Gasteiger partial charge is 0.352 e. The molecule has 3 aromatic rings. The molecule has 5 nitrogen and oxygen atoms in total. The molecule has 1 heterocycles. The van der Waals surface area contributed by atoms with Crippen molar-refractivity contribution >= 4 is 28.6 Å². The topological polar surface area (TPSA) is 64.0 Å². The highest BCUT2D eigenvalue weighted by Crippen LogP contribution is 2.28. The summed E-state index contributed by atoms with van der Waals surface area (Å²) in [6.45, 7) is 2.04. The summed E-state index contributed by atoms with van der Waals surface area (Å²) in [5.74, 6) is -0.378.